The molecular weight excluding hydrogens is 576 g/mol. The summed E-state index contributed by atoms with van der Waals surface area (Å²) in [6.07, 6.45) is -7.11. The number of carbonyl (C=O) groups is 3. The first-order valence-electron chi connectivity index (χ1n) is 12.4. The summed E-state index contributed by atoms with van der Waals surface area (Å²) >= 11 is 5.97. The van der Waals surface area contributed by atoms with Gasteiger partial charge in [-0.3, -0.25) is 13.8 Å². The van der Waals surface area contributed by atoms with Gasteiger partial charge >= 0.3 is 12.3 Å². The highest BCUT2D eigenvalue weighted by Crippen LogP contribution is 2.33. The number of carbonyl (C=O) groups excluding carboxylic acids is 3. The Labute approximate surface area is 236 Å². The SMILES string of the molecule is CC(C)(C)OC(=O)N[C@H]1C[S@@](=O)c2cc(F)c(C(=O)CCCCC(F)(F)F)cc2N(Cc2ccc(Cl)cc2)C1=O. The van der Waals surface area contributed by atoms with Gasteiger partial charge in [-0.2, -0.15) is 13.2 Å². The molecule has 2 atom stereocenters. The fraction of sp³-hybridized carbons (Fsp3) is 0.444. The average molecular weight is 605 g/mol. The van der Waals surface area contributed by atoms with Crippen LogP contribution in [0.25, 0.3) is 0 Å². The van der Waals surface area contributed by atoms with Gasteiger partial charge in [0, 0.05) is 17.9 Å². The molecule has 1 aliphatic heterocycles. The van der Waals surface area contributed by atoms with Gasteiger partial charge < -0.3 is 15.0 Å². The molecule has 0 saturated carbocycles. The molecule has 0 saturated heterocycles. The molecule has 1 heterocycles. The Kier molecular flexibility index (Phi) is 9.99. The van der Waals surface area contributed by atoms with E-state index in [9.17, 15) is 31.8 Å². The number of fused-ring (bicyclic) bond motifs is 1. The van der Waals surface area contributed by atoms with Crippen LogP contribution in [0.15, 0.2) is 41.3 Å². The summed E-state index contributed by atoms with van der Waals surface area (Å²) in [5, 5.41) is 2.88. The molecule has 0 radical (unpaired) electrons. The van der Waals surface area contributed by atoms with E-state index in [0.29, 0.717) is 10.6 Å². The maximum atomic E-state index is 15.1. The van der Waals surface area contributed by atoms with Crippen molar-refractivity contribution in [3.63, 3.8) is 0 Å². The smallest absolute Gasteiger partial charge is 0.408 e. The number of Topliss-reactive ketones (excluding diaryl/α,β-unsaturated/α-hetero) is 1. The van der Waals surface area contributed by atoms with E-state index in [1.54, 1.807) is 45.0 Å². The molecule has 1 N–H and O–H groups in total. The molecule has 13 heteroatoms. The molecule has 2 aromatic rings. The van der Waals surface area contributed by atoms with Gasteiger partial charge in [0.2, 0.25) is 0 Å². The van der Waals surface area contributed by atoms with Gasteiger partial charge in [0.1, 0.15) is 17.5 Å². The summed E-state index contributed by atoms with van der Waals surface area (Å²) < 4.78 is 70.9. The van der Waals surface area contributed by atoms with E-state index in [-0.39, 0.29) is 42.1 Å². The van der Waals surface area contributed by atoms with Crippen molar-refractivity contribution in [2.45, 2.75) is 75.7 Å². The van der Waals surface area contributed by atoms with Gasteiger partial charge in [-0.1, -0.05) is 23.7 Å². The van der Waals surface area contributed by atoms with Gasteiger partial charge in [0.05, 0.1) is 39.2 Å². The number of hydrogen-bond acceptors (Lipinski definition) is 5. The van der Waals surface area contributed by atoms with Crippen LogP contribution >= 0.6 is 11.6 Å². The van der Waals surface area contributed by atoms with Crippen molar-refractivity contribution < 1.29 is 40.9 Å². The minimum Gasteiger partial charge on any atom is -0.444 e. The van der Waals surface area contributed by atoms with Crippen molar-refractivity contribution in [2.75, 3.05) is 10.7 Å². The van der Waals surface area contributed by atoms with Crippen molar-refractivity contribution in [2.24, 2.45) is 0 Å². The monoisotopic (exact) mass is 604 g/mol. The maximum absolute atomic E-state index is 15.1. The Morgan fingerprint density at radius 3 is 2.38 bits per heavy atom. The highest BCUT2D eigenvalue weighted by atomic mass is 35.5. The number of anilines is 1. The molecule has 2 aromatic carbocycles. The van der Waals surface area contributed by atoms with E-state index in [1.807, 2.05) is 0 Å². The van der Waals surface area contributed by atoms with Crippen LogP contribution in [0.1, 0.15) is 62.4 Å². The first-order valence-corrected chi connectivity index (χ1v) is 14.1. The van der Waals surface area contributed by atoms with Crippen LogP contribution in [0.4, 0.5) is 28.0 Å². The number of ether oxygens (including phenoxy) is 1. The number of alkyl carbamates (subject to hydrolysis) is 1. The lowest BCUT2D eigenvalue weighted by Gasteiger charge is -2.27. The first-order chi connectivity index (χ1) is 18.5. The van der Waals surface area contributed by atoms with Gasteiger partial charge in [-0.25, -0.2) is 9.18 Å². The fourth-order valence-corrected chi connectivity index (χ4v) is 5.48. The van der Waals surface area contributed by atoms with Crippen LogP contribution < -0.4 is 10.2 Å². The van der Waals surface area contributed by atoms with Crippen molar-refractivity contribution in [1.82, 2.24) is 5.32 Å². The van der Waals surface area contributed by atoms with Crippen molar-refractivity contribution in [3.05, 3.63) is 58.4 Å². The molecule has 0 fully saturated rings. The number of nitrogens with one attached hydrogen (secondary N) is 1. The number of ketones is 1. The number of alkyl halides is 3. The second-order valence-electron chi connectivity index (χ2n) is 10.3. The molecule has 7 nitrogen and oxygen atoms in total. The van der Waals surface area contributed by atoms with E-state index in [1.165, 1.54) is 4.90 Å². The largest absolute Gasteiger partial charge is 0.444 e. The van der Waals surface area contributed by atoms with Crippen molar-refractivity contribution in [3.8, 4) is 0 Å². The molecule has 1 aliphatic rings. The first kappa shape index (κ1) is 31.5. The number of halogens is 5. The van der Waals surface area contributed by atoms with Gasteiger partial charge in [-0.05, 0) is 63.4 Å². The standard InChI is InChI=1S/C27H29ClF4N2O5S/c1-26(2,3)39-25(37)33-20-15-40(38)23-13-19(29)18(22(35)6-4-5-11-27(30,31)32)12-21(23)34(24(20)36)14-16-7-9-17(28)10-8-16/h7-10,12-13,20H,4-6,11,14-15H2,1-3H3,(H,33,37)/t20-,40+/m0/s1. The average Bonchev–Trinajstić information content (AvgIpc) is 2.91. The summed E-state index contributed by atoms with van der Waals surface area (Å²) in [6.45, 7) is 4.80. The zero-order valence-corrected chi connectivity index (χ0v) is 23.6. The second kappa shape index (κ2) is 12.7. The topological polar surface area (TPSA) is 92.8 Å². The Balaban J connectivity index is 1.98. The zero-order valence-electron chi connectivity index (χ0n) is 22.1. The highest BCUT2D eigenvalue weighted by molar-refractivity contribution is 7.85. The van der Waals surface area contributed by atoms with E-state index in [0.717, 1.165) is 12.1 Å². The normalized spacial score (nSPS) is 17.7. The number of rotatable bonds is 8. The molecule has 0 unspecified atom stereocenters. The molecule has 3 rings (SSSR count). The van der Waals surface area contributed by atoms with Crippen LogP contribution in [0.3, 0.4) is 0 Å². The molecule has 0 spiro atoms. The van der Waals surface area contributed by atoms with E-state index in [4.69, 9.17) is 16.3 Å². The Hall–Kier alpha value is -2.99. The Morgan fingerprint density at radius 1 is 1.12 bits per heavy atom. The van der Waals surface area contributed by atoms with Gasteiger partial charge in [0.25, 0.3) is 5.91 Å². The zero-order chi connectivity index (χ0) is 29.8. The molecule has 2 amide bonds. The summed E-state index contributed by atoms with van der Waals surface area (Å²) in [7, 11) is -1.98. The molecule has 0 aromatic heterocycles. The number of hydrogen-bond donors (Lipinski definition) is 1. The number of benzene rings is 2. The van der Waals surface area contributed by atoms with Crippen LogP contribution in [0.2, 0.25) is 5.02 Å². The van der Waals surface area contributed by atoms with E-state index >= 15 is 4.39 Å². The predicted octanol–water partition coefficient (Wildman–Crippen LogP) is 6.33. The highest BCUT2D eigenvalue weighted by Gasteiger charge is 2.37. The summed E-state index contributed by atoms with van der Waals surface area (Å²) in [4.78, 5) is 40.1. The number of unbranched alkanes of at least 4 members (excludes halogenated alkanes) is 1. The summed E-state index contributed by atoms with van der Waals surface area (Å²) in [5.74, 6) is -2.82. The molecule has 0 bridgehead atoms. The minimum absolute atomic E-state index is 0.00758. The number of amides is 2. The molecule has 218 valence electrons. The van der Waals surface area contributed by atoms with Crippen LogP contribution in [-0.4, -0.2) is 45.6 Å². The summed E-state index contributed by atoms with van der Waals surface area (Å²) in [6, 6.07) is 7.16. The van der Waals surface area contributed by atoms with Crippen LogP contribution in [0.5, 0.6) is 0 Å². The van der Waals surface area contributed by atoms with Crippen molar-refractivity contribution >= 4 is 45.9 Å². The molecule has 40 heavy (non-hydrogen) atoms. The lowest BCUT2D eigenvalue weighted by atomic mass is 10.0. The van der Waals surface area contributed by atoms with Crippen LogP contribution in [0, 0.1) is 5.82 Å². The fourth-order valence-electron chi connectivity index (χ4n) is 4.00. The van der Waals surface area contributed by atoms with Gasteiger partial charge in [-0.15, -0.1) is 0 Å². The Bertz CT molecular complexity index is 1300. The quantitative estimate of drug-likeness (QED) is 0.216. The van der Waals surface area contributed by atoms with Crippen LogP contribution in [-0.2, 0) is 26.9 Å². The maximum Gasteiger partial charge on any atom is 0.408 e. The Morgan fingerprint density at radius 2 is 1.77 bits per heavy atom. The third kappa shape index (κ3) is 8.76. The third-order valence-electron chi connectivity index (χ3n) is 5.83. The second-order valence-corrected chi connectivity index (χ2v) is 12.2. The lowest BCUT2D eigenvalue weighted by molar-refractivity contribution is -0.135. The van der Waals surface area contributed by atoms with Gasteiger partial charge in [0.15, 0.2) is 5.78 Å². The lowest BCUT2D eigenvalue weighted by Crippen LogP contribution is -2.51. The molecule has 0 aliphatic carbocycles. The minimum atomic E-state index is -4.37. The van der Waals surface area contributed by atoms with E-state index in [2.05, 4.69) is 5.32 Å². The predicted molar refractivity (Wildman–Crippen MR) is 142 cm³/mol. The van der Waals surface area contributed by atoms with Crippen molar-refractivity contribution in [1.29, 1.82) is 0 Å². The summed E-state index contributed by atoms with van der Waals surface area (Å²) in [5.41, 5.74) is -0.722. The van der Waals surface area contributed by atoms with E-state index < -0.39 is 64.2 Å². The number of nitrogens with zero attached hydrogens (tertiary/aromatic N) is 1. The molecular formula is C27H29ClF4N2O5S. The third-order valence-corrected chi connectivity index (χ3v) is 7.53.